The largest absolute Gasteiger partial charge is 0.355 e. The summed E-state index contributed by atoms with van der Waals surface area (Å²) in [6, 6.07) is 10.5. The lowest BCUT2D eigenvalue weighted by atomic mass is 9.83. The van der Waals surface area contributed by atoms with Crippen molar-refractivity contribution in [3.8, 4) is 0 Å². The van der Waals surface area contributed by atoms with Crippen LogP contribution in [0.1, 0.15) is 50.5 Å². The molecule has 0 bridgehead atoms. The highest BCUT2D eigenvalue weighted by atomic mass is 35.5. The van der Waals surface area contributed by atoms with Gasteiger partial charge in [-0.05, 0) is 30.2 Å². The van der Waals surface area contributed by atoms with Gasteiger partial charge in [-0.25, -0.2) is 0 Å². The lowest BCUT2D eigenvalue weighted by Crippen LogP contribution is -2.37. The molecule has 3 N–H and O–H groups in total. The molecule has 0 saturated heterocycles. The second-order valence-electron chi connectivity index (χ2n) is 6.03. The van der Waals surface area contributed by atoms with Crippen molar-refractivity contribution in [2.45, 2.75) is 51.0 Å². The highest BCUT2D eigenvalue weighted by Gasteiger charge is 2.24. The Hall–Kier alpha value is -1.06. The van der Waals surface area contributed by atoms with Gasteiger partial charge in [-0.15, -0.1) is 12.4 Å². The van der Waals surface area contributed by atoms with Gasteiger partial charge in [0.2, 0.25) is 5.91 Å². The van der Waals surface area contributed by atoms with Crippen LogP contribution in [0.4, 0.5) is 0 Å². The van der Waals surface area contributed by atoms with Crippen molar-refractivity contribution in [3.63, 3.8) is 0 Å². The SMILES string of the molecule is CC(CNC(=O)CC1CCCCC1N)c1ccccc1.Cl. The molecule has 1 amide bonds. The molecule has 3 nitrogen and oxygen atoms in total. The van der Waals surface area contributed by atoms with Gasteiger partial charge in [0.1, 0.15) is 0 Å². The summed E-state index contributed by atoms with van der Waals surface area (Å²) < 4.78 is 0. The Labute approximate surface area is 134 Å². The number of hydrogen-bond acceptors (Lipinski definition) is 2. The van der Waals surface area contributed by atoms with E-state index in [1.165, 1.54) is 18.4 Å². The third kappa shape index (κ3) is 5.68. The van der Waals surface area contributed by atoms with E-state index in [0.29, 0.717) is 24.8 Å². The highest BCUT2D eigenvalue weighted by Crippen LogP contribution is 2.25. The minimum atomic E-state index is 0. The third-order valence-electron chi connectivity index (χ3n) is 4.39. The quantitative estimate of drug-likeness (QED) is 0.877. The molecule has 1 aromatic rings. The number of nitrogens with two attached hydrogens (primary N) is 1. The Bertz CT molecular complexity index is 424. The van der Waals surface area contributed by atoms with Crippen molar-refractivity contribution >= 4 is 18.3 Å². The minimum Gasteiger partial charge on any atom is -0.355 e. The van der Waals surface area contributed by atoms with Gasteiger partial charge in [0.15, 0.2) is 0 Å². The van der Waals surface area contributed by atoms with E-state index in [2.05, 4.69) is 24.4 Å². The van der Waals surface area contributed by atoms with E-state index in [4.69, 9.17) is 5.73 Å². The summed E-state index contributed by atoms with van der Waals surface area (Å²) in [5.41, 5.74) is 7.36. The third-order valence-corrected chi connectivity index (χ3v) is 4.39. The average molecular weight is 311 g/mol. The van der Waals surface area contributed by atoms with Gasteiger partial charge < -0.3 is 11.1 Å². The number of hydrogen-bond donors (Lipinski definition) is 2. The van der Waals surface area contributed by atoms with Crippen molar-refractivity contribution in [1.82, 2.24) is 5.32 Å². The zero-order valence-electron chi connectivity index (χ0n) is 12.8. The molecule has 0 spiro atoms. The van der Waals surface area contributed by atoms with Gasteiger partial charge in [-0.3, -0.25) is 4.79 Å². The van der Waals surface area contributed by atoms with E-state index in [9.17, 15) is 4.79 Å². The number of halogens is 1. The number of rotatable bonds is 5. The fraction of sp³-hybridized carbons (Fsp3) is 0.588. The number of amides is 1. The normalized spacial score (nSPS) is 23.0. The molecule has 3 atom stereocenters. The molecule has 0 aliphatic heterocycles. The zero-order chi connectivity index (χ0) is 14.4. The Balaban J connectivity index is 0.00000220. The summed E-state index contributed by atoms with van der Waals surface area (Å²) in [5, 5.41) is 3.05. The van der Waals surface area contributed by atoms with Gasteiger partial charge in [0.25, 0.3) is 0 Å². The van der Waals surface area contributed by atoms with Crippen molar-refractivity contribution in [2.75, 3.05) is 6.54 Å². The fourth-order valence-corrected chi connectivity index (χ4v) is 2.97. The molecule has 21 heavy (non-hydrogen) atoms. The maximum Gasteiger partial charge on any atom is 0.220 e. The molecule has 4 heteroatoms. The van der Waals surface area contributed by atoms with Crippen LogP contribution in [-0.4, -0.2) is 18.5 Å². The summed E-state index contributed by atoms with van der Waals surface area (Å²) in [6.45, 7) is 2.84. The molecule has 0 heterocycles. The van der Waals surface area contributed by atoms with Crippen molar-refractivity contribution in [2.24, 2.45) is 11.7 Å². The van der Waals surface area contributed by atoms with Crippen LogP contribution in [0, 0.1) is 5.92 Å². The molecule has 1 aromatic carbocycles. The summed E-state index contributed by atoms with van der Waals surface area (Å²) in [5.74, 6) is 0.867. The van der Waals surface area contributed by atoms with E-state index in [1.54, 1.807) is 0 Å². The van der Waals surface area contributed by atoms with Crippen molar-refractivity contribution in [1.29, 1.82) is 0 Å². The highest BCUT2D eigenvalue weighted by molar-refractivity contribution is 5.85. The average Bonchev–Trinajstić information content (AvgIpc) is 2.48. The molecule has 1 fully saturated rings. The predicted octanol–water partition coefficient (Wildman–Crippen LogP) is 3.24. The lowest BCUT2D eigenvalue weighted by Gasteiger charge is -2.28. The maximum absolute atomic E-state index is 12.0. The molecule has 1 saturated carbocycles. The van der Waals surface area contributed by atoms with E-state index in [0.717, 1.165) is 12.8 Å². The molecular weight excluding hydrogens is 284 g/mol. The topological polar surface area (TPSA) is 55.1 Å². The van der Waals surface area contributed by atoms with Crippen LogP contribution in [0.25, 0.3) is 0 Å². The van der Waals surface area contributed by atoms with Gasteiger partial charge in [0, 0.05) is 19.0 Å². The monoisotopic (exact) mass is 310 g/mol. The van der Waals surface area contributed by atoms with Crippen LogP contribution in [0.3, 0.4) is 0 Å². The van der Waals surface area contributed by atoms with E-state index >= 15 is 0 Å². The summed E-state index contributed by atoms with van der Waals surface area (Å²) in [6.07, 6.45) is 5.18. The number of benzene rings is 1. The van der Waals surface area contributed by atoms with Crippen LogP contribution in [0.15, 0.2) is 30.3 Å². The zero-order valence-corrected chi connectivity index (χ0v) is 13.6. The minimum absolute atomic E-state index is 0. The molecule has 0 radical (unpaired) electrons. The van der Waals surface area contributed by atoms with Crippen LogP contribution < -0.4 is 11.1 Å². The first-order chi connectivity index (χ1) is 9.66. The lowest BCUT2D eigenvalue weighted by molar-refractivity contribution is -0.122. The van der Waals surface area contributed by atoms with Crippen LogP contribution in [0.5, 0.6) is 0 Å². The second kappa shape index (κ2) is 9.06. The first-order valence-corrected chi connectivity index (χ1v) is 7.74. The fourth-order valence-electron chi connectivity index (χ4n) is 2.97. The summed E-state index contributed by atoms with van der Waals surface area (Å²) >= 11 is 0. The van der Waals surface area contributed by atoms with E-state index < -0.39 is 0 Å². The Morgan fingerprint density at radius 3 is 2.62 bits per heavy atom. The van der Waals surface area contributed by atoms with E-state index in [-0.39, 0.29) is 24.4 Å². The molecule has 1 aliphatic rings. The van der Waals surface area contributed by atoms with E-state index in [1.807, 2.05) is 18.2 Å². The molecule has 1 aliphatic carbocycles. The molecule has 3 unspecified atom stereocenters. The van der Waals surface area contributed by atoms with Crippen LogP contribution >= 0.6 is 12.4 Å². The second-order valence-corrected chi connectivity index (χ2v) is 6.03. The van der Waals surface area contributed by atoms with Gasteiger partial charge in [0.05, 0.1) is 0 Å². The molecule has 0 aromatic heterocycles. The van der Waals surface area contributed by atoms with Gasteiger partial charge in [-0.2, -0.15) is 0 Å². The number of nitrogens with one attached hydrogen (secondary N) is 1. The first kappa shape index (κ1) is 18.0. The number of carbonyl (C=O) groups excluding carboxylic acids is 1. The summed E-state index contributed by atoms with van der Waals surface area (Å²) in [4.78, 5) is 12.0. The van der Waals surface area contributed by atoms with Gasteiger partial charge >= 0.3 is 0 Å². The Morgan fingerprint density at radius 2 is 1.95 bits per heavy atom. The van der Waals surface area contributed by atoms with Crippen LogP contribution in [0.2, 0.25) is 0 Å². The molecular formula is C17H27ClN2O. The van der Waals surface area contributed by atoms with Gasteiger partial charge in [-0.1, -0.05) is 50.1 Å². The predicted molar refractivity (Wildman–Crippen MR) is 89.7 cm³/mol. The smallest absolute Gasteiger partial charge is 0.220 e. The molecule has 2 rings (SSSR count). The molecule has 118 valence electrons. The number of carbonyl (C=O) groups is 1. The summed E-state index contributed by atoms with van der Waals surface area (Å²) in [7, 11) is 0. The Kier molecular flexibility index (Phi) is 7.76. The first-order valence-electron chi connectivity index (χ1n) is 7.74. The van der Waals surface area contributed by atoms with Crippen molar-refractivity contribution in [3.05, 3.63) is 35.9 Å². The maximum atomic E-state index is 12.0. The van der Waals surface area contributed by atoms with Crippen molar-refractivity contribution < 1.29 is 4.79 Å². The Morgan fingerprint density at radius 1 is 1.29 bits per heavy atom. The standard InChI is InChI=1S/C17H26N2O.ClH/c1-13(14-7-3-2-4-8-14)12-19-17(20)11-15-9-5-6-10-16(15)18;/h2-4,7-8,13,15-16H,5-6,9-12,18H2,1H3,(H,19,20);1H. The van der Waals surface area contributed by atoms with Crippen LogP contribution in [-0.2, 0) is 4.79 Å².